The Bertz CT molecular complexity index is 448. The molecule has 0 aliphatic heterocycles. The van der Waals surface area contributed by atoms with Gasteiger partial charge in [-0.05, 0) is 11.8 Å². The molecule has 1 heterocycles. The van der Waals surface area contributed by atoms with Crippen molar-refractivity contribution in [1.29, 1.82) is 5.26 Å². The Balaban J connectivity index is 3.24. The van der Waals surface area contributed by atoms with Gasteiger partial charge in [-0.15, -0.1) is 0 Å². The topological polar surface area (TPSA) is 93.2 Å². The number of hydrogen-bond donors (Lipinski definition) is 0. The zero-order chi connectivity index (χ0) is 11.4. The standard InChI is InChI=1S/C7H4N2O4S2/c1-13-7(10)4-2-14-6(9(11)12)5(4)15-3-8/h2H,1H3. The van der Waals surface area contributed by atoms with E-state index < -0.39 is 10.9 Å². The molecule has 0 saturated carbocycles. The lowest BCUT2D eigenvalue weighted by Crippen LogP contribution is -2.01. The third-order valence-corrected chi connectivity index (χ3v) is 3.21. The molecule has 1 aromatic heterocycles. The third-order valence-electron chi connectivity index (χ3n) is 1.45. The summed E-state index contributed by atoms with van der Waals surface area (Å²) in [7, 11) is 1.17. The van der Waals surface area contributed by atoms with Gasteiger partial charge >= 0.3 is 11.0 Å². The van der Waals surface area contributed by atoms with Crippen LogP contribution in [-0.4, -0.2) is 18.0 Å². The van der Waals surface area contributed by atoms with Crippen LogP contribution in [0.25, 0.3) is 0 Å². The number of carbonyl (C=O) groups excluding carboxylic acids is 1. The van der Waals surface area contributed by atoms with Crippen molar-refractivity contribution >= 4 is 34.1 Å². The number of nitriles is 1. The van der Waals surface area contributed by atoms with Crippen molar-refractivity contribution < 1.29 is 14.5 Å². The van der Waals surface area contributed by atoms with E-state index in [1.807, 2.05) is 0 Å². The molecule has 0 saturated heterocycles. The zero-order valence-electron chi connectivity index (χ0n) is 7.42. The van der Waals surface area contributed by atoms with Crippen LogP contribution in [0.4, 0.5) is 5.00 Å². The molecular weight excluding hydrogens is 240 g/mol. The number of nitrogens with zero attached hydrogens (tertiary/aromatic N) is 2. The lowest BCUT2D eigenvalue weighted by atomic mass is 10.3. The molecule has 8 heteroatoms. The number of esters is 1. The SMILES string of the molecule is COC(=O)c1csc([N+](=O)[O-])c1SC#N. The number of rotatable bonds is 3. The number of hydrogen-bond acceptors (Lipinski definition) is 7. The lowest BCUT2D eigenvalue weighted by Gasteiger charge is -1.96. The summed E-state index contributed by atoms with van der Waals surface area (Å²) in [6, 6.07) is 0. The van der Waals surface area contributed by atoms with Crippen LogP contribution in [0.2, 0.25) is 0 Å². The van der Waals surface area contributed by atoms with Gasteiger partial charge in [0.2, 0.25) is 0 Å². The van der Waals surface area contributed by atoms with Gasteiger partial charge in [-0.2, -0.15) is 5.26 Å². The molecule has 0 radical (unpaired) electrons. The van der Waals surface area contributed by atoms with Crippen LogP contribution in [0.1, 0.15) is 10.4 Å². The highest BCUT2D eigenvalue weighted by atomic mass is 32.2. The number of thiophene rings is 1. The van der Waals surface area contributed by atoms with Crippen LogP contribution < -0.4 is 0 Å². The van der Waals surface area contributed by atoms with Crippen molar-refractivity contribution in [2.45, 2.75) is 4.90 Å². The second kappa shape index (κ2) is 4.77. The van der Waals surface area contributed by atoms with Gasteiger partial charge in [0.15, 0.2) is 0 Å². The van der Waals surface area contributed by atoms with Crippen molar-refractivity contribution in [3.05, 3.63) is 21.1 Å². The van der Waals surface area contributed by atoms with Crippen molar-refractivity contribution in [3.8, 4) is 5.40 Å². The first kappa shape index (κ1) is 11.5. The first-order chi connectivity index (χ1) is 7.11. The summed E-state index contributed by atoms with van der Waals surface area (Å²) < 4.78 is 4.44. The number of carbonyl (C=O) groups is 1. The fraction of sp³-hybridized carbons (Fsp3) is 0.143. The van der Waals surface area contributed by atoms with Gasteiger partial charge in [-0.3, -0.25) is 10.1 Å². The van der Waals surface area contributed by atoms with Crippen LogP contribution >= 0.6 is 23.1 Å². The summed E-state index contributed by atoms with van der Waals surface area (Å²) in [4.78, 5) is 21.2. The second-order valence-corrected chi connectivity index (χ2v) is 3.88. The number of thioether (sulfide) groups is 1. The Morgan fingerprint density at radius 2 is 2.47 bits per heavy atom. The first-order valence-electron chi connectivity index (χ1n) is 3.52. The van der Waals surface area contributed by atoms with E-state index in [1.54, 1.807) is 5.40 Å². The van der Waals surface area contributed by atoms with Crippen LogP contribution in [0.15, 0.2) is 10.3 Å². The summed E-state index contributed by atoms with van der Waals surface area (Å²) in [6.45, 7) is 0. The fourth-order valence-corrected chi connectivity index (χ4v) is 2.45. The highest BCUT2D eigenvalue weighted by Crippen LogP contribution is 2.38. The molecule has 0 amide bonds. The molecule has 0 atom stereocenters. The Morgan fingerprint density at radius 1 is 1.80 bits per heavy atom. The minimum absolute atomic E-state index is 0.0411. The molecule has 6 nitrogen and oxygen atoms in total. The van der Waals surface area contributed by atoms with Crippen molar-refractivity contribution in [2.24, 2.45) is 0 Å². The molecule has 0 aromatic carbocycles. The van der Waals surface area contributed by atoms with E-state index in [0.717, 1.165) is 11.3 Å². The molecule has 0 aliphatic rings. The highest BCUT2D eigenvalue weighted by molar-refractivity contribution is 8.04. The summed E-state index contributed by atoms with van der Waals surface area (Å²) >= 11 is 1.38. The summed E-state index contributed by atoms with van der Waals surface area (Å²) in [6.07, 6.45) is 0. The maximum Gasteiger partial charge on any atom is 0.340 e. The summed E-state index contributed by atoms with van der Waals surface area (Å²) in [5, 5.41) is 21.8. The van der Waals surface area contributed by atoms with E-state index in [2.05, 4.69) is 4.74 Å². The average molecular weight is 244 g/mol. The molecule has 15 heavy (non-hydrogen) atoms. The maximum atomic E-state index is 11.2. The third kappa shape index (κ3) is 2.26. The molecule has 0 aliphatic carbocycles. The Kier molecular flexibility index (Phi) is 3.65. The first-order valence-corrected chi connectivity index (χ1v) is 5.21. The molecule has 1 aromatic rings. The largest absolute Gasteiger partial charge is 0.465 e. The van der Waals surface area contributed by atoms with E-state index >= 15 is 0 Å². The Morgan fingerprint density at radius 3 is 2.93 bits per heavy atom. The molecule has 0 unspecified atom stereocenters. The number of thiocyanates is 1. The highest BCUT2D eigenvalue weighted by Gasteiger charge is 2.26. The van der Waals surface area contributed by atoms with Crippen LogP contribution in [-0.2, 0) is 4.74 Å². The number of ether oxygens (including phenoxy) is 1. The van der Waals surface area contributed by atoms with Gasteiger partial charge in [0.25, 0.3) is 0 Å². The van der Waals surface area contributed by atoms with Gasteiger partial charge < -0.3 is 4.74 Å². The predicted molar refractivity (Wildman–Crippen MR) is 53.8 cm³/mol. The molecule has 0 spiro atoms. The van der Waals surface area contributed by atoms with E-state index in [-0.39, 0.29) is 15.5 Å². The van der Waals surface area contributed by atoms with Gasteiger partial charge in [0, 0.05) is 5.38 Å². The average Bonchev–Trinajstić information content (AvgIpc) is 2.61. The summed E-state index contributed by atoms with van der Waals surface area (Å²) in [5.74, 6) is -0.683. The quantitative estimate of drug-likeness (QED) is 0.265. The Labute approximate surface area is 92.6 Å². The second-order valence-electron chi connectivity index (χ2n) is 2.23. The van der Waals surface area contributed by atoms with Crippen molar-refractivity contribution in [3.63, 3.8) is 0 Å². The van der Waals surface area contributed by atoms with Crippen molar-refractivity contribution in [1.82, 2.24) is 0 Å². The summed E-state index contributed by atoms with van der Waals surface area (Å²) in [5.41, 5.74) is 0.0563. The smallest absolute Gasteiger partial charge is 0.340 e. The lowest BCUT2D eigenvalue weighted by molar-refractivity contribution is -0.382. The molecule has 0 N–H and O–H groups in total. The van der Waals surface area contributed by atoms with Crippen LogP contribution in [0.5, 0.6) is 0 Å². The van der Waals surface area contributed by atoms with Crippen molar-refractivity contribution in [2.75, 3.05) is 7.11 Å². The Hall–Kier alpha value is -1.59. The number of nitro groups is 1. The fourth-order valence-electron chi connectivity index (χ4n) is 0.858. The number of methoxy groups -OCH3 is 1. The molecular formula is C7H4N2O4S2. The minimum Gasteiger partial charge on any atom is -0.465 e. The van der Waals surface area contributed by atoms with Gasteiger partial charge in [0.1, 0.15) is 10.3 Å². The van der Waals surface area contributed by atoms with E-state index in [0.29, 0.717) is 11.8 Å². The van der Waals surface area contributed by atoms with Gasteiger partial charge in [0.05, 0.1) is 17.6 Å². The monoisotopic (exact) mass is 244 g/mol. The molecule has 78 valence electrons. The molecule has 0 fully saturated rings. The predicted octanol–water partition coefficient (Wildman–Crippen LogP) is 2.02. The molecule has 0 bridgehead atoms. The zero-order valence-corrected chi connectivity index (χ0v) is 9.05. The van der Waals surface area contributed by atoms with E-state index in [9.17, 15) is 14.9 Å². The minimum atomic E-state index is -0.683. The maximum absolute atomic E-state index is 11.2. The van der Waals surface area contributed by atoms with E-state index in [4.69, 9.17) is 5.26 Å². The van der Waals surface area contributed by atoms with Gasteiger partial charge in [-0.1, -0.05) is 11.3 Å². The van der Waals surface area contributed by atoms with Crippen LogP contribution in [0, 0.1) is 20.8 Å². The van der Waals surface area contributed by atoms with E-state index in [1.165, 1.54) is 12.5 Å². The van der Waals surface area contributed by atoms with Gasteiger partial charge in [-0.25, -0.2) is 4.79 Å². The van der Waals surface area contributed by atoms with Crippen LogP contribution in [0.3, 0.4) is 0 Å². The molecule has 1 rings (SSSR count). The normalized spacial score (nSPS) is 9.33.